The molecule has 1 fully saturated rings. The van der Waals surface area contributed by atoms with Crippen LogP contribution in [0.4, 0.5) is 0 Å². The Hall–Kier alpha value is -0.570. The molecule has 1 atom stereocenters. The summed E-state index contributed by atoms with van der Waals surface area (Å²) in [5.41, 5.74) is 1.51. The molecule has 100 valence electrons. The SMILES string of the molecule is CNC(c1cccc(Cl)c1)C1(N(C)C)CCCC1. The molecule has 1 aliphatic rings. The number of hydrogen-bond acceptors (Lipinski definition) is 2. The van der Waals surface area contributed by atoms with Crippen molar-refractivity contribution in [2.75, 3.05) is 21.1 Å². The lowest BCUT2D eigenvalue weighted by Gasteiger charge is -2.43. The van der Waals surface area contributed by atoms with Gasteiger partial charge in [-0.3, -0.25) is 0 Å². The maximum atomic E-state index is 6.14. The minimum atomic E-state index is 0.222. The number of nitrogens with zero attached hydrogens (tertiary/aromatic N) is 1. The van der Waals surface area contributed by atoms with E-state index in [9.17, 15) is 0 Å². The van der Waals surface area contributed by atoms with E-state index in [1.807, 2.05) is 12.1 Å². The predicted octanol–water partition coefficient (Wildman–Crippen LogP) is 3.47. The summed E-state index contributed by atoms with van der Waals surface area (Å²) in [7, 11) is 6.44. The van der Waals surface area contributed by atoms with Crippen LogP contribution in [-0.4, -0.2) is 31.6 Å². The number of rotatable bonds is 4. The summed E-state index contributed by atoms with van der Waals surface area (Å²) in [6, 6.07) is 8.59. The van der Waals surface area contributed by atoms with Crippen LogP contribution in [0.1, 0.15) is 37.3 Å². The zero-order valence-corrected chi connectivity index (χ0v) is 12.3. The van der Waals surface area contributed by atoms with E-state index in [0.29, 0.717) is 6.04 Å². The number of halogens is 1. The van der Waals surface area contributed by atoms with Gasteiger partial charge in [0.1, 0.15) is 0 Å². The summed E-state index contributed by atoms with van der Waals surface area (Å²) in [5, 5.41) is 4.33. The first-order valence-electron chi connectivity index (χ1n) is 6.70. The van der Waals surface area contributed by atoms with Gasteiger partial charge >= 0.3 is 0 Å². The van der Waals surface area contributed by atoms with Gasteiger partial charge in [-0.05, 0) is 51.7 Å². The topological polar surface area (TPSA) is 15.3 Å². The van der Waals surface area contributed by atoms with Crippen molar-refractivity contribution < 1.29 is 0 Å². The van der Waals surface area contributed by atoms with E-state index in [2.05, 4.69) is 43.5 Å². The molecular formula is C15H23ClN2. The standard InChI is InChI=1S/C15H23ClN2/c1-17-14(12-7-6-8-13(16)11-12)15(18(2)3)9-4-5-10-15/h6-8,11,14,17H,4-5,9-10H2,1-3H3. The predicted molar refractivity (Wildman–Crippen MR) is 78.1 cm³/mol. The second-order valence-electron chi connectivity index (χ2n) is 5.48. The van der Waals surface area contributed by atoms with Crippen LogP contribution in [0.25, 0.3) is 0 Å². The van der Waals surface area contributed by atoms with Crippen molar-refractivity contribution in [2.24, 2.45) is 0 Å². The molecule has 1 unspecified atom stereocenters. The molecule has 2 nitrogen and oxygen atoms in total. The maximum Gasteiger partial charge on any atom is 0.0505 e. The van der Waals surface area contributed by atoms with Crippen molar-refractivity contribution in [1.29, 1.82) is 0 Å². The van der Waals surface area contributed by atoms with Gasteiger partial charge in [0.25, 0.3) is 0 Å². The van der Waals surface area contributed by atoms with Crippen LogP contribution in [0.15, 0.2) is 24.3 Å². The highest BCUT2D eigenvalue weighted by atomic mass is 35.5. The molecule has 1 N–H and O–H groups in total. The Kier molecular flexibility index (Phi) is 4.31. The normalized spacial score (nSPS) is 20.3. The highest BCUT2D eigenvalue weighted by Crippen LogP contribution is 2.43. The maximum absolute atomic E-state index is 6.14. The van der Waals surface area contributed by atoms with Crippen molar-refractivity contribution in [2.45, 2.75) is 37.3 Å². The molecule has 0 radical (unpaired) electrons. The first kappa shape index (κ1) is 13.9. The molecule has 0 heterocycles. The third-order valence-corrected chi connectivity index (χ3v) is 4.60. The van der Waals surface area contributed by atoms with Crippen LogP contribution in [0.2, 0.25) is 5.02 Å². The Morgan fingerprint density at radius 2 is 1.94 bits per heavy atom. The van der Waals surface area contributed by atoms with E-state index in [1.165, 1.54) is 31.2 Å². The Morgan fingerprint density at radius 1 is 1.28 bits per heavy atom. The third-order valence-electron chi connectivity index (χ3n) is 4.37. The van der Waals surface area contributed by atoms with Gasteiger partial charge in [0.2, 0.25) is 0 Å². The number of likely N-dealkylation sites (N-methyl/N-ethyl adjacent to an activating group) is 2. The summed E-state index contributed by atoms with van der Waals surface area (Å²) in [4.78, 5) is 2.39. The average molecular weight is 267 g/mol. The zero-order chi connectivity index (χ0) is 13.2. The molecule has 0 spiro atoms. The fourth-order valence-electron chi connectivity index (χ4n) is 3.41. The molecular weight excluding hydrogens is 244 g/mol. The lowest BCUT2D eigenvalue weighted by atomic mass is 9.82. The van der Waals surface area contributed by atoms with E-state index < -0.39 is 0 Å². The van der Waals surface area contributed by atoms with Crippen LogP contribution in [0.3, 0.4) is 0 Å². The van der Waals surface area contributed by atoms with Crippen LogP contribution >= 0.6 is 11.6 Å². The average Bonchev–Trinajstić information content (AvgIpc) is 2.81. The van der Waals surface area contributed by atoms with Crippen molar-refractivity contribution in [3.8, 4) is 0 Å². The Labute approximate surface area is 115 Å². The zero-order valence-electron chi connectivity index (χ0n) is 11.5. The molecule has 3 heteroatoms. The van der Waals surface area contributed by atoms with Gasteiger partial charge in [-0.2, -0.15) is 0 Å². The van der Waals surface area contributed by atoms with Crippen LogP contribution in [-0.2, 0) is 0 Å². The van der Waals surface area contributed by atoms with E-state index in [4.69, 9.17) is 11.6 Å². The van der Waals surface area contributed by atoms with Gasteiger partial charge in [-0.15, -0.1) is 0 Å². The van der Waals surface area contributed by atoms with E-state index in [1.54, 1.807) is 0 Å². The van der Waals surface area contributed by atoms with Crippen molar-refractivity contribution >= 4 is 11.6 Å². The molecule has 0 aliphatic heterocycles. The molecule has 0 aromatic heterocycles. The Balaban J connectivity index is 2.37. The van der Waals surface area contributed by atoms with Gasteiger partial charge in [-0.1, -0.05) is 36.6 Å². The molecule has 2 rings (SSSR count). The lowest BCUT2D eigenvalue weighted by molar-refractivity contribution is 0.108. The van der Waals surface area contributed by atoms with Crippen LogP contribution in [0.5, 0.6) is 0 Å². The highest BCUT2D eigenvalue weighted by Gasteiger charge is 2.43. The summed E-state index contributed by atoms with van der Waals surface area (Å²) >= 11 is 6.14. The van der Waals surface area contributed by atoms with Gasteiger partial charge in [0.15, 0.2) is 0 Å². The van der Waals surface area contributed by atoms with E-state index >= 15 is 0 Å². The summed E-state index contributed by atoms with van der Waals surface area (Å²) < 4.78 is 0. The third kappa shape index (κ3) is 2.42. The number of nitrogens with one attached hydrogen (secondary N) is 1. The molecule has 1 saturated carbocycles. The smallest absolute Gasteiger partial charge is 0.0505 e. The Bertz CT molecular complexity index is 397. The quantitative estimate of drug-likeness (QED) is 0.898. The van der Waals surface area contributed by atoms with Gasteiger partial charge in [0.05, 0.1) is 6.04 Å². The number of hydrogen-bond donors (Lipinski definition) is 1. The second kappa shape index (κ2) is 5.60. The molecule has 18 heavy (non-hydrogen) atoms. The highest BCUT2D eigenvalue weighted by molar-refractivity contribution is 6.30. The van der Waals surface area contributed by atoms with Crippen LogP contribution in [0, 0.1) is 0 Å². The molecule has 1 aromatic carbocycles. The fourth-order valence-corrected chi connectivity index (χ4v) is 3.61. The largest absolute Gasteiger partial charge is 0.311 e. The van der Waals surface area contributed by atoms with Gasteiger partial charge in [0, 0.05) is 10.6 Å². The molecule has 0 bridgehead atoms. The molecule has 0 saturated heterocycles. The monoisotopic (exact) mass is 266 g/mol. The van der Waals surface area contributed by atoms with Crippen LogP contribution < -0.4 is 5.32 Å². The molecule has 1 aromatic rings. The number of benzene rings is 1. The van der Waals surface area contributed by atoms with E-state index in [-0.39, 0.29) is 5.54 Å². The minimum Gasteiger partial charge on any atom is -0.311 e. The fraction of sp³-hybridized carbons (Fsp3) is 0.600. The second-order valence-corrected chi connectivity index (χ2v) is 5.92. The summed E-state index contributed by atoms with van der Waals surface area (Å²) in [6.07, 6.45) is 5.13. The van der Waals surface area contributed by atoms with E-state index in [0.717, 1.165) is 5.02 Å². The summed E-state index contributed by atoms with van der Waals surface area (Å²) in [6.45, 7) is 0. The molecule has 0 amide bonds. The van der Waals surface area contributed by atoms with Crippen molar-refractivity contribution in [3.63, 3.8) is 0 Å². The Morgan fingerprint density at radius 3 is 2.44 bits per heavy atom. The van der Waals surface area contributed by atoms with Crippen molar-refractivity contribution in [1.82, 2.24) is 10.2 Å². The first-order chi connectivity index (χ1) is 8.60. The first-order valence-corrected chi connectivity index (χ1v) is 7.08. The summed E-state index contributed by atoms with van der Waals surface area (Å²) in [5.74, 6) is 0. The van der Waals surface area contributed by atoms with Gasteiger partial charge in [-0.25, -0.2) is 0 Å². The van der Waals surface area contributed by atoms with Gasteiger partial charge < -0.3 is 10.2 Å². The minimum absolute atomic E-state index is 0.222. The van der Waals surface area contributed by atoms with Crippen molar-refractivity contribution in [3.05, 3.63) is 34.9 Å². The lowest BCUT2D eigenvalue weighted by Crippen LogP contribution is -2.51. The molecule has 1 aliphatic carbocycles.